The molecule has 0 amide bonds. The molecule has 118 valence electrons. The molecule has 1 aliphatic heterocycles. The van der Waals surface area contributed by atoms with E-state index in [1.807, 2.05) is 19.2 Å². The van der Waals surface area contributed by atoms with Gasteiger partial charge in [0.2, 0.25) is 5.95 Å². The average molecular weight is 302 g/mol. The van der Waals surface area contributed by atoms with E-state index in [4.69, 9.17) is 4.74 Å². The summed E-state index contributed by atoms with van der Waals surface area (Å²) in [4.78, 5) is 4.63. The van der Waals surface area contributed by atoms with Crippen molar-refractivity contribution in [1.29, 1.82) is 0 Å². The summed E-state index contributed by atoms with van der Waals surface area (Å²) in [5, 5.41) is 11.6. The van der Waals surface area contributed by atoms with E-state index in [0.717, 1.165) is 44.4 Å². The Morgan fingerprint density at radius 1 is 1.09 bits per heavy atom. The molecule has 0 saturated carbocycles. The van der Waals surface area contributed by atoms with E-state index in [1.54, 1.807) is 4.68 Å². The summed E-state index contributed by atoms with van der Waals surface area (Å²) < 4.78 is 7.51. The van der Waals surface area contributed by atoms with Crippen molar-refractivity contribution in [1.82, 2.24) is 25.1 Å². The van der Waals surface area contributed by atoms with Crippen LogP contribution in [0.25, 0.3) is 0 Å². The van der Waals surface area contributed by atoms with Gasteiger partial charge in [-0.1, -0.05) is 22.8 Å². The Hall–Kier alpha value is -2.15. The van der Waals surface area contributed by atoms with Crippen molar-refractivity contribution < 1.29 is 4.74 Å². The van der Waals surface area contributed by atoms with Crippen molar-refractivity contribution in [3.63, 3.8) is 0 Å². The molecule has 2 heterocycles. The Morgan fingerprint density at radius 2 is 1.82 bits per heavy atom. The van der Waals surface area contributed by atoms with Crippen LogP contribution in [-0.2, 0) is 7.05 Å². The number of nitrogens with zero attached hydrogens (tertiary/aromatic N) is 6. The number of aryl methyl sites for hydroxylation is 2. The Morgan fingerprint density at radius 3 is 2.45 bits per heavy atom. The van der Waals surface area contributed by atoms with Gasteiger partial charge < -0.3 is 9.64 Å². The van der Waals surface area contributed by atoms with Crippen LogP contribution in [0.2, 0.25) is 0 Å². The van der Waals surface area contributed by atoms with Gasteiger partial charge in [-0.25, -0.2) is 4.68 Å². The first-order chi connectivity index (χ1) is 10.7. The monoisotopic (exact) mass is 302 g/mol. The maximum absolute atomic E-state index is 5.79. The highest BCUT2D eigenvalue weighted by atomic mass is 16.5. The maximum Gasteiger partial charge on any atom is 0.245 e. The Balaban J connectivity index is 1.41. The van der Waals surface area contributed by atoms with E-state index < -0.39 is 0 Å². The molecule has 1 saturated heterocycles. The summed E-state index contributed by atoms with van der Waals surface area (Å²) in [5.41, 5.74) is 1.25. The number of benzene rings is 1. The van der Waals surface area contributed by atoms with E-state index >= 15 is 0 Å². The molecule has 0 unspecified atom stereocenters. The fourth-order valence-electron chi connectivity index (χ4n) is 2.59. The second-order valence-corrected chi connectivity index (χ2v) is 5.59. The van der Waals surface area contributed by atoms with Crippen LogP contribution in [-0.4, -0.2) is 64.4 Å². The van der Waals surface area contributed by atoms with Gasteiger partial charge in [-0.05, 0) is 29.5 Å². The molecule has 0 aliphatic carbocycles. The fraction of sp³-hybridized carbons (Fsp3) is 0.533. The van der Waals surface area contributed by atoms with E-state index in [0.29, 0.717) is 6.61 Å². The molecule has 2 aromatic rings. The molecule has 3 rings (SSSR count). The van der Waals surface area contributed by atoms with Gasteiger partial charge in [0.1, 0.15) is 12.4 Å². The molecule has 22 heavy (non-hydrogen) atoms. The zero-order valence-corrected chi connectivity index (χ0v) is 13.1. The minimum atomic E-state index is 0.717. The lowest BCUT2D eigenvalue weighted by molar-refractivity contribution is 0.199. The molecule has 1 aliphatic rings. The van der Waals surface area contributed by atoms with Crippen molar-refractivity contribution in [3.05, 3.63) is 29.8 Å². The zero-order chi connectivity index (χ0) is 15.4. The van der Waals surface area contributed by atoms with Gasteiger partial charge in [0.05, 0.1) is 0 Å². The van der Waals surface area contributed by atoms with Crippen LogP contribution in [0.3, 0.4) is 0 Å². The number of piperazine rings is 1. The van der Waals surface area contributed by atoms with Gasteiger partial charge in [-0.15, -0.1) is 0 Å². The summed E-state index contributed by atoms with van der Waals surface area (Å²) in [5.74, 6) is 1.78. The van der Waals surface area contributed by atoms with Crippen molar-refractivity contribution in [3.8, 4) is 5.75 Å². The lowest BCUT2D eigenvalue weighted by atomic mass is 10.2. The molecule has 7 heteroatoms. The lowest BCUT2D eigenvalue weighted by Crippen LogP contribution is -2.48. The zero-order valence-electron chi connectivity index (χ0n) is 13.1. The molecule has 1 aromatic heterocycles. The first kappa shape index (κ1) is 14.8. The normalized spacial score (nSPS) is 16.0. The number of hydrogen-bond donors (Lipinski definition) is 0. The van der Waals surface area contributed by atoms with Crippen LogP contribution in [0, 0.1) is 6.92 Å². The minimum absolute atomic E-state index is 0.717. The Labute approximate surface area is 130 Å². The third-order valence-corrected chi connectivity index (χ3v) is 3.95. The van der Waals surface area contributed by atoms with Crippen LogP contribution in [0.15, 0.2) is 24.3 Å². The highest BCUT2D eigenvalue weighted by Crippen LogP contribution is 2.13. The number of hydrogen-bond acceptors (Lipinski definition) is 6. The van der Waals surface area contributed by atoms with Crippen LogP contribution in [0.4, 0.5) is 5.95 Å². The van der Waals surface area contributed by atoms with E-state index in [2.05, 4.69) is 44.4 Å². The van der Waals surface area contributed by atoms with Crippen molar-refractivity contribution >= 4 is 5.95 Å². The summed E-state index contributed by atoms with van der Waals surface area (Å²) in [6, 6.07) is 8.19. The van der Waals surface area contributed by atoms with Gasteiger partial charge in [-0.3, -0.25) is 4.90 Å². The fourth-order valence-corrected chi connectivity index (χ4v) is 2.59. The number of tetrazole rings is 1. The van der Waals surface area contributed by atoms with Gasteiger partial charge in [0.25, 0.3) is 0 Å². The van der Waals surface area contributed by atoms with Crippen LogP contribution >= 0.6 is 0 Å². The minimum Gasteiger partial charge on any atom is -0.492 e. The quantitative estimate of drug-likeness (QED) is 0.811. The van der Waals surface area contributed by atoms with Gasteiger partial charge in [0.15, 0.2) is 0 Å². The average Bonchev–Trinajstić information content (AvgIpc) is 2.96. The molecular weight excluding hydrogens is 280 g/mol. The largest absolute Gasteiger partial charge is 0.492 e. The maximum atomic E-state index is 5.79. The smallest absolute Gasteiger partial charge is 0.245 e. The molecule has 0 atom stereocenters. The molecule has 0 bridgehead atoms. The molecule has 0 spiro atoms. The lowest BCUT2D eigenvalue weighted by Gasteiger charge is -2.34. The second kappa shape index (κ2) is 6.74. The molecule has 0 N–H and O–H groups in total. The number of rotatable bonds is 5. The van der Waals surface area contributed by atoms with Crippen LogP contribution in [0.5, 0.6) is 5.75 Å². The first-order valence-corrected chi connectivity index (χ1v) is 7.61. The van der Waals surface area contributed by atoms with Gasteiger partial charge in [0, 0.05) is 39.8 Å². The molecule has 0 radical (unpaired) electrons. The number of aromatic nitrogens is 4. The van der Waals surface area contributed by atoms with E-state index in [9.17, 15) is 0 Å². The van der Waals surface area contributed by atoms with Crippen LogP contribution < -0.4 is 9.64 Å². The summed E-state index contributed by atoms with van der Waals surface area (Å²) in [6.07, 6.45) is 0. The number of ether oxygens (including phenoxy) is 1. The first-order valence-electron chi connectivity index (χ1n) is 7.61. The summed E-state index contributed by atoms with van der Waals surface area (Å²) >= 11 is 0. The summed E-state index contributed by atoms with van der Waals surface area (Å²) in [7, 11) is 1.87. The van der Waals surface area contributed by atoms with Gasteiger partial charge >= 0.3 is 0 Å². The van der Waals surface area contributed by atoms with E-state index in [1.165, 1.54) is 5.56 Å². The molecular formula is C15H22N6O. The van der Waals surface area contributed by atoms with Crippen molar-refractivity contribution in [2.24, 2.45) is 7.05 Å². The molecule has 1 fully saturated rings. The molecule has 7 nitrogen and oxygen atoms in total. The highest BCUT2D eigenvalue weighted by molar-refractivity contribution is 5.28. The number of anilines is 1. The van der Waals surface area contributed by atoms with Crippen molar-refractivity contribution in [2.45, 2.75) is 6.92 Å². The third kappa shape index (κ3) is 3.54. The SMILES string of the molecule is Cc1ccc(OCCN2CCN(c3nnnn3C)CC2)cc1. The Kier molecular flexibility index (Phi) is 4.53. The predicted molar refractivity (Wildman–Crippen MR) is 84.1 cm³/mol. The molecule has 1 aromatic carbocycles. The van der Waals surface area contributed by atoms with Crippen molar-refractivity contribution in [2.75, 3.05) is 44.2 Å². The third-order valence-electron chi connectivity index (χ3n) is 3.95. The topological polar surface area (TPSA) is 59.3 Å². The van der Waals surface area contributed by atoms with E-state index in [-0.39, 0.29) is 0 Å². The van der Waals surface area contributed by atoms with Gasteiger partial charge in [-0.2, -0.15) is 0 Å². The summed E-state index contributed by atoms with van der Waals surface area (Å²) in [6.45, 7) is 7.63. The standard InChI is InChI=1S/C15H22N6O/c1-13-3-5-14(6-4-13)22-12-11-20-7-9-21(10-8-20)15-16-17-18-19(15)2/h3-6H,7-12H2,1-2H3. The van der Waals surface area contributed by atoms with Crippen LogP contribution in [0.1, 0.15) is 5.56 Å². The Bertz CT molecular complexity index is 588. The highest BCUT2D eigenvalue weighted by Gasteiger charge is 2.20. The predicted octanol–water partition coefficient (Wildman–Crippen LogP) is 0.720. The second-order valence-electron chi connectivity index (χ2n) is 5.59.